The highest BCUT2D eigenvalue weighted by Crippen LogP contribution is 2.39. The number of anilines is 1. The van der Waals surface area contributed by atoms with Crippen LogP contribution in [0.2, 0.25) is 0 Å². The second-order valence-corrected chi connectivity index (χ2v) is 6.10. The van der Waals surface area contributed by atoms with Crippen LogP contribution < -0.4 is 9.64 Å². The molecule has 114 valence electrons. The average molecular weight is 289 g/mol. The van der Waals surface area contributed by atoms with Gasteiger partial charge in [0.25, 0.3) is 0 Å². The Bertz CT molecular complexity index is 529. The Balaban J connectivity index is 1.90. The van der Waals surface area contributed by atoms with Crippen LogP contribution in [0.1, 0.15) is 49.4 Å². The molecule has 4 heteroatoms. The fourth-order valence-electron chi connectivity index (χ4n) is 3.73. The van der Waals surface area contributed by atoms with Gasteiger partial charge >= 0.3 is 5.97 Å². The number of carboxylic acids is 1. The smallest absolute Gasteiger partial charge is 0.339 e. The fourth-order valence-corrected chi connectivity index (χ4v) is 3.73. The summed E-state index contributed by atoms with van der Waals surface area (Å²) in [5.74, 6) is 0.441. The first-order valence-electron chi connectivity index (χ1n) is 7.96. The van der Waals surface area contributed by atoms with Gasteiger partial charge in [0.05, 0.1) is 12.2 Å². The number of rotatable bonds is 3. The normalized spacial score (nSPS) is 25.1. The third kappa shape index (κ3) is 2.71. The Morgan fingerprint density at radius 2 is 2.29 bits per heavy atom. The van der Waals surface area contributed by atoms with Crippen molar-refractivity contribution in [1.29, 1.82) is 0 Å². The van der Waals surface area contributed by atoms with Gasteiger partial charge in [-0.25, -0.2) is 4.79 Å². The maximum absolute atomic E-state index is 11.4. The Labute approximate surface area is 125 Å². The number of ether oxygens (including phenoxy) is 1. The number of nitrogens with zero attached hydrogens (tertiary/aromatic N) is 1. The minimum atomic E-state index is -0.913. The van der Waals surface area contributed by atoms with Crippen molar-refractivity contribution in [3.8, 4) is 5.75 Å². The maximum Gasteiger partial charge on any atom is 0.339 e. The van der Waals surface area contributed by atoms with E-state index in [1.54, 1.807) is 6.07 Å². The van der Waals surface area contributed by atoms with E-state index in [9.17, 15) is 9.90 Å². The molecule has 0 amide bonds. The predicted octanol–water partition coefficient (Wildman–Crippen LogP) is 3.55. The van der Waals surface area contributed by atoms with Gasteiger partial charge in [0.2, 0.25) is 0 Å². The highest BCUT2D eigenvalue weighted by molar-refractivity contribution is 5.93. The lowest BCUT2D eigenvalue weighted by molar-refractivity contribution is 0.0691. The molecule has 1 N–H and O–H groups in total. The van der Waals surface area contributed by atoms with Crippen LogP contribution in [0.3, 0.4) is 0 Å². The summed E-state index contributed by atoms with van der Waals surface area (Å²) in [6.07, 6.45) is 6.26. The molecule has 1 aliphatic heterocycles. The van der Waals surface area contributed by atoms with Crippen molar-refractivity contribution in [2.24, 2.45) is 5.92 Å². The van der Waals surface area contributed by atoms with Crippen molar-refractivity contribution >= 4 is 11.7 Å². The van der Waals surface area contributed by atoms with Crippen LogP contribution in [-0.2, 0) is 0 Å². The van der Waals surface area contributed by atoms with Gasteiger partial charge in [-0.1, -0.05) is 32.3 Å². The highest BCUT2D eigenvalue weighted by Gasteiger charge is 2.31. The molecule has 1 heterocycles. The lowest BCUT2D eigenvalue weighted by Crippen LogP contribution is -2.43. The van der Waals surface area contributed by atoms with Gasteiger partial charge in [-0.15, -0.1) is 0 Å². The van der Waals surface area contributed by atoms with E-state index < -0.39 is 5.97 Å². The van der Waals surface area contributed by atoms with Gasteiger partial charge in [0, 0.05) is 6.04 Å². The second kappa shape index (κ2) is 5.96. The summed E-state index contributed by atoms with van der Waals surface area (Å²) < 4.78 is 5.67. The van der Waals surface area contributed by atoms with E-state index in [4.69, 9.17) is 4.74 Å². The molecule has 2 atom stereocenters. The van der Waals surface area contributed by atoms with E-state index in [0.29, 0.717) is 18.4 Å². The molecule has 2 unspecified atom stereocenters. The topological polar surface area (TPSA) is 49.8 Å². The molecule has 1 aromatic carbocycles. The van der Waals surface area contributed by atoms with E-state index >= 15 is 0 Å². The van der Waals surface area contributed by atoms with Crippen molar-refractivity contribution < 1.29 is 14.6 Å². The zero-order chi connectivity index (χ0) is 14.8. The molecular weight excluding hydrogens is 266 g/mol. The number of para-hydroxylation sites is 1. The van der Waals surface area contributed by atoms with Gasteiger partial charge in [0.15, 0.2) is 5.75 Å². The van der Waals surface area contributed by atoms with Gasteiger partial charge in [-0.2, -0.15) is 0 Å². The van der Waals surface area contributed by atoms with E-state index in [2.05, 4.69) is 11.8 Å². The standard InChI is InChI=1S/C17H23NO3/c1-2-12-5-3-6-13(11-12)18-9-10-21-16-14(17(19)20)7-4-8-15(16)18/h4,7-8,12-13H,2-3,5-6,9-11H2,1H3,(H,19,20). The molecular formula is C17H23NO3. The van der Waals surface area contributed by atoms with E-state index in [1.165, 1.54) is 32.1 Å². The molecule has 3 rings (SSSR count). The van der Waals surface area contributed by atoms with Crippen LogP contribution in [0, 0.1) is 5.92 Å². The third-order valence-electron chi connectivity index (χ3n) is 4.89. The van der Waals surface area contributed by atoms with Crippen LogP contribution in [-0.4, -0.2) is 30.3 Å². The Kier molecular flexibility index (Phi) is 4.04. The molecule has 0 saturated heterocycles. The molecule has 4 nitrogen and oxygen atoms in total. The Hall–Kier alpha value is -1.71. The molecule has 0 spiro atoms. The molecule has 1 aromatic rings. The van der Waals surface area contributed by atoms with E-state index in [0.717, 1.165) is 18.2 Å². The molecule has 1 saturated carbocycles. The summed E-state index contributed by atoms with van der Waals surface area (Å²) in [5, 5.41) is 9.32. The van der Waals surface area contributed by atoms with Crippen molar-refractivity contribution in [2.45, 2.75) is 45.1 Å². The monoisotopic (exact) mass is 289 g/mol. The van der Waals surface area contributed by atoms with Gasteiger partial charge in [-0.3, -0.25) is 0 Å². The third-order valence-corrected chi connectivity index (χ3v) is 4.89. The summed E-state index contributed by atoms with van der Waals surface area (Å²) in [6, 6.07) is 5.97. The number of hydrogen-bond acceptors (Lipinski definition) is 3. The molecule has 0 radical (unpaired) electrons. The number of carbonyl (C=O) groups is 1. The first-order valence-corrected chi connectivity index (χ1v) is 7.96. The van der Waals surface area contributed by atoms with Gasteiger partial charge in [-0.05, 0) is 30.9 Å². The second-order valence-electron chi connectivity index (χ2n) is 6.10. The van der Waals surface area contributed by atoms with Crippen LogP contribution >= 0.6 is 0 Å². The minimum absolute atomic E-state index is 0.278. The summed E-state index contributed by atoms with van der Waals surface area (Å²) >= 11 is 0. The fraction of sp³-hybridized carbons (Fsp3) is 0.588. The number of aromatic carboxylic acids is 1. The number of hydrogen-bond donors (Lipinski definition) is 1. The first-order chi connectivity index (χ1) is 10.2. The van der Waals surface area contributed by atoms with Gasteiger partial charge in [0.1, 0.15) is 12.2 Å². The van der Waals surface area contributed by atoms with E-state index in [-0.39, 0.29) is 5.56 Å². The van der Waals surface area contributed by atoms with Crippen molar-refractivity contribution in [1.82, 2.24) is 0 Å². The van der Waals surface area contributed by atoms with E-state index in [1.807, 2.05) is 12.1 Å². The average Bonchev–Trinajstić information content (AvgIpc) is 2.53. The minimum Gasteiger partial charge on any atom is -0.489 e. The number of benzene rings is 1. The van der Waals surface area contributed by atoms with Crippen LogP contribution in [0.5, 0.6) is 5.75 Å². The molecule has 2 aliphatic rings. The lowest BCUT2D eigenvalue weighted by Gasteiger charge is -2.41. The molecule has 1 fully saturated rings. The first kappa shape index (κ1) is 14.2. The Morgan fingerprint density at radius 1 is 1.43 bits per heavy atom. The molecule has 0 aromatic heterocycles. The zero-order valence-electron chi connectivity index (χ0n) is 12.5. The summed E-state index contributed by atoms with van der Waals surface area (Å²) in [6.45, 7) is 3.70. The number of carboxylic acid groups (broad SMARTS) is 1. The van der Waals surface area contributed by atoms with Crippen molar-refractivity contribution in [2.75, 3.05) is 18.1 Å². The molecule has 21 heavy (non-hydrogen) atoms. The van der Waals surface area contributed by atoms with Crippen LogP contribution in [0.25, 0.3) is 0 Å². The number of fused-ring (bicyclic) bond motifs is 1. The summed E-state index contributed by atoms with van der Waals surface area (Å²) in [4.78, 5) is 13.7. The van der Waals surface area contributed by atoms with Crippen LogP contribution in [0.15, 0.2) is 18.2 Å². The summed E-state index contributed by atoms with van der Waals surface area (Å²) in [7, 11) is 0. The Morgan fingerprint density at radius 3 is 3.05 bits per heavy atom. The maximum atomic E-state index is 11.4. The largest absolute Gasteiger partial charge is 0.489 e. The lowest BCUT2D eigenvalue weighted by atomic mass is 9.83. The van der Waals surface area contributed by atoms with Crippen molar-refractivity contribution in [3.63, 3.8) is 0 Å². The SMILES string of the molecule is CCC1CCCC(N2CCOc3c(C(=O)O)cccc32)C1. The molecule has 0 bridgehead atoms. The quantitative estimate of drug-likeness (QED) is 0.924. The summed E-state index contributed by atoms with van der Waals surface area (Å²) in [5.41, 5.74) is 1.24. The van der Waals surface area contributed by atoms with Crippen molar-refractivity contribution in [3.05, 3.63) is 23.8 Å². The van der Waals surface area contributed by atoms with Crippen LogP contribution in [0.4, 0.5) is 5.69 Å². The zero-order valence-corrected chi connectivity index (χ0v) is 12.5. The highest BCUT2D eigenvalue weighted by atomic mass is 16.5. The predicted molar refractivity (Wildman–Crippen MR) is 82.3 cm³/mol. The van der Waals surface area contributed by atoms with Gasteiger partial charge < -0.3 is 14.7 Å². The molecule has 1 aliphatic carbocycles.